The minimum Gasteiger partial charge on any atom is -0.497 e. The average molecular weight is 347 g/mol. The Morgan fingerprint density at radius 1 is 1.42 bits per heavy atom. The van der Waals surface area contributed by atoms with Crippen LogP contribution in [0.3, 0.4) is 0 Å². The van der Waals surface area contributed by atoms with Crippen molar-refractivity contribution in [3.05, 3.63) is 41.5 Å². The van der Waals surface area contributed by atoms with Gasteiger partial charge in [-0.2, -0.15) is 4.98 Å². The summed E-state index contributed by atoms with van der Waals surface area (Å²) >= 11 is 1.52. The number of thioether (sulfide) groups is 1. The lowest BCUT2D eigenvalue weighted by atomic mass is 10.0. The number of carbonyl (C=O) groups is 1. The van der Waals surface area contributed by atoms with Gasteiger partial charge in [0.2, 0.25) is 11.8 Å². The van der Waals surface area contributed by atoms with Gasteiger partial charge < -0.3 is 14.2 Å². The van der Waals surface area contributed by atoms with Gasteiger partial charge in [0, 0.05) is 13.5 Å². The highest BCUT2D eigenvalue weighted by molar-refractivity contribution is 7.99. The van der Waals surface area contributed by atoms with Crippen LogP contribution < -0.4 is 4.74 Å². The molecule has 0 saturated carbocycles. The molecule has 1 unspecified atom stereocenters. The summed E-state index contributed by atoms with van der Waals surface area (Å²) < 4.78 is 10.1. The van der Waals surface area contributed by atoms with Crippen LogP contribution in [0.1, 0.15) is 36.2 Å². The van der Waals surface area contributed by atoms with Crippen molar-refractivity contribution in [1.29, 1.82) is 0 Å². The lowest BCUT2D eigenvalue weighted by molar-refractivity contribution is -0.129. The third-order valence-corrected chi connectivity index (χ3v) is 5.01. The summed E-state index contributed by atoms with van der Waals surface area (Å²) in [4.78, 5) is 18.7. The highest BCUT2D eigenvalue weighted by Gasteiger charge is 2.29. The van der Waals surface area contributed by atoms with Crippen LogP contribution in [-0.4, -0.2) is 40.4 Å². The molecule has 1 fully saturated rings. The number of rotatable bonds is 6. The smallest absolute Gasteiger partial charge is 0.233 e. The fourth-order valence-electron chi connectivity index (χ4n) is 2.95. The first-order valence-corrected chi connectivity index (χ1v) is 9.13. The Kier molecular flexibility index (Phi) is 5.40. The van der Waals surface area contributed by atoms with E-state index in [9.17, 15) is 4.79 Å². The number of nitrogens with zero attached hydrogens (tertiary/aromatic N) is 3. The fraction of sp³-hybridized carbons (Fsp3) is 0.471. The zero-order valence-corrected chi connectivity index (χ0v) is 14.7. The van der Waals surface area contributed by atoms with Crippen molar-refractivity contribution in [1.82, 2.24) is 15.0 Å². The van der Waals surface area contributed by atoms with Gasteiger partial charge in [-0.3, -0.25) is 4.79 Å². The molecule has 0 N–H and O–H groups in total. The molecule has 0 bridgehead atoms. The average Bonchev–Trinajstić information content (AvgIpc) is 3.24. The van der Waals surface area contributed by atoms with E-state index in [1.807, 2.05) is 29.2 Å². The molecule has 6 nitrogen and oxygen atoms in total. The van der Waals surface area contributed by atoms with E-state index < -0.39 is 0 Å². The van der Waals surface area contributed by atoms with Gasteiger partial charge in [0.25, 0.3) is 0 Å². The molecule has 0 spiro atoms. The van der Waals surface area contributed by atoms with Crippen LogP contribution in [0.4, 0.5) is 0 Å². The monoisotopic (exact) mass is 347 g/mol. The molecule has 1 aromatic heterocycles. The quantitative estimate of drug-likeness (QED) is 0.800. The summed E-state index contributed by atoms with van der Waals surface area (Å²) in [5.74, 6) is 3.21. The van der Waals surface area contributed by atoms with Crippen LogP contribution in [0.5, 0.6) is 5.75 Å². The van der Waals surface area contributed by atoms with E-state index in [1.165, 1.54) is 17.3 Å². The highest BCUT2D eigenvalue weighted by Crippen LogP contribution is 2.33. The van der Waals surface area contributed by atoms with Crippen molar-refractivity contribution < 1.29 is 14.1 Å². The van der Waals surface area contributed by atoms with Crippen molar-refractivity contribution >= 4 is 17.7 Å². The summed E-state index contributed by atoms with van der Waals surface area (Å²) in [5, 5.41) is 3.85. The predicted octanol–water partition coefficient (Wildman–Crippen LogP) is 2.98. The summed E-state index contributed by atoms with van der Waals surface area (Å²) in [6.07, 6.45) is 2.05. The summed E-state index contributed by atoms with van der Waals surface area (Å²) in [5.41, 5.74) is 1.17. The number of hydrogen-bond acceptors (Lipinski definition) is 6. The van der Waals surface area contributed by atoms with Gasteiger partial charge in [-0.25, -0.2) is 0 Å². The second-order valence-corrected chi connectivity index (χ2v) is 6.73. The van der Waals surface area contributed by atoms with Gasteiger partial charge in [0.15, 0.2) is 5.82 Å². The summed E-state index contributed by atoms with van der Waals surface area (Å²) in [7, 11) is 1.66. The Labute approximate surface area is 145 Å². The van der Waals surface area contributed by atoms with Crippen molar-refractivity contribution in [2.75, 3.05) is 19.4 Å². The molecule has 2 aromatic rings. The van der Waals surface area contributed by atoms with Gasteiger partial charge in [-0.05, 0) is 30.5 Å². The summed E-state index contributed by atoms with van der Waals surface area (Å²) in [6.45, 7) is 2.58. The van der Waals surface area contributed by atoms with Crippen LogP contribution in [-0.2, 0) is 10.5 Å². The molecule has 1 aliphatic heterocycles. The third-order valence-electron chi connectivity index (χ3n) is 4.10. The van der Waals surface area contributed by atoms with Crippen molar-refractivity contribution in [3.8, 4) is 5.75 Å². The Morgan fingerprint density at radius 3 is 2.88 bits per heavy atom. The number of hydrogen-bond donors (Lipinski definition) is 0. The molecule has 0 radical (unpaired) electrons. The van der Waals surface area contributed by atoms with Crippen molar-refractivity contribution in [2.24, 2.45) is 0 Å². The van der Waals surface area contributed by atoms with Crippen molar-refractivity contribution in [3.63, 3.8) is 0 Å². The van der Waals surface area contributed by atoms with Crippen LogP contribution in [0, 0.1) is 6.92 Å². The standard InChI is InChI=1S/C17H21N3O3S/c1-12-18-16(19-23-12)10-24-11-17(21)20-9-3-4-15(20)13-5-7-14(22-2)8-6-13/h5-8,15H,3-4,9-11H2,1-2H3. The van der Waals surface area contributed by atoms with E-state index in [0.717, 1.165) is 25.1 Å². The van der Waals surface area contributed by atoms with Gasteiger partial charge in [-0.1, -0.05) is 17.3 Å². The number of aromatic nitrogens is 2. The highest BCUT2D eigenvalue weighted by atomic mass is 32.2. The van der Waals surface area contributed by atoms with Gasteiger partial charge in [0.05, 0.1) is 24.7 Å². The Hall–Kier alpha value is -2.02. The molecule has 3 rings (SSSR count). The lowest BCUT2D eigenvalue weighted by Crippen LogP contribution is -2.32. The normalized spacial score (nSPS) is 17.2. The van der Waals surface area contributed by atoms with E-state index in [4.69, 9.17) is 9.26 Å². The maximum absolute atomic E-state index is 12.6. The van der Waals surface area contributed by atoms with Crippen LogP contribution in [0.15, 0.2) is 28.8 Å². The first-order valence-electron chi connectivity index (χ1n) is 7.97. The number of benzene rings is 1. The second kappa shape index (κ2) is 7.70. The maximum Gasteiger partial charge on any atom is 0.233 e. The van der Waals surface area contributed by atoms with Crippen LogP contribution in [0.25, 0.3) is 0 Å². The van der Waals surface area contributed by atoms with E-state index in [-0.39, 0.29) is 11.9 Å². The minimum absolute atomic E-state index is 0.163. The van der Waals surface area contributed by atoms with Gasteiger partial charge in [-0.15, -0.1) is 11.8 Å². The molecule has 1 aromatic carbocycles. The van der Waals surface area contributed by atoms with Gasteiger partial charge in [0.1, 0.15) is 5.75 Å². The van der Waals surface area contributed by atoms with Crippen molar-refractivity contribution in [2.45, 2.75) is 31.6 Å². The topological polar surface area (TPSA) is 68.5 Å². The van der Waals surface area contributed by atoms with Gasteiger partial charge >= 0.3 is 0 Å². The molecule has 1 saturated heterocycles. The number of amides is 1. The molecule has 0 aliphatic carbocycles. The Balaban J connectivity index is 1.56. The number of aryl methyl sites for hydroxylation is 1. The molecule has 1 atom stereocenters. The van der Waals surface area contributed by atoms with Crippen LogP contribution >= 0.6 is 11.8 Å². The van der Waals surface area contributed by atoms with E-state index in [1.54, 1.807) is 14.0 Å². The first kappa shape index (κ1) is 16.8. The number of carbonyl (C=O) groups excluding carboxylic acids is 1. The SMILES string of the molecule is COc1ccc(C2CCCN2C(=O)CSCc2noc(C)n2)cc1. The molecule has 7 heteroatoms. The Bertz CT molecular complexity index is 687. The predicted molar refractivity (Wildman–Crippen MR) is 91.9 cm³/mol. The third kappa shape index (κ3) is 3.90. The number of methoxy groups -OCH3 is 1. The zero-order chi connectivity index (χ0) is 16.9. The number of likely N-dealkylation sites (tertiary alicyclic amines) is 1. The Morgan fingerprint density at radius 2 is 2.21 bits per heavy atom. The lowest BCUT2D eigenvalue weighted by Gasteiger charge is -2.25. The van der Waals surface area contributed by atoms with E-state index in [2.05, 4.69) is 10.1 Å². The number of ether oxygens (including phenoxy) is 1. The molecule has 1 aliphatic rings. The minimum atomic E-state index is 0.163. The molecule has 24 heavy (non-hydrogen) atoms. The largest absolute Gasteiger partial charge is 0.497 e. The molecular weight excluding hydrogens is 326 g/mol. The fourth-order valence-corrected chi connectivity index (χ4v) is 3.69. The van der Waals surface area contributed by atoms with E-state index in [0.29, 0.717) is 23.2 Å². The molecular formula is C17H21N3O3S. The summed E-state index contributed by atoms with van der Waals surface area (Å²) in [6, 6.07) is 8.15. The zero-order valence-electron chi connectivity index (χ0n) is 13.9. The molecule has 128 valence electrons. The van der Waals surface area contributed by atoms with E-state index >= 15 is 0 Å². The second-order valence-electron chi connectivity index (χ2n) is 5.74. The van der Waals surface area contributed by atoms with Crippen LogP contribution in [0.2, 0.25) is 0 Å². The first-order chi connectivity index (χ1) is 11.7. The molecule has 2 heterocycles. The molecule has 1 amide bonds. The maximum atomic E-state index is 12.6.